The van der Waals surface area contributed by atoms with Crippen LogP contribution in [-0.4, -0.2) is 50.7 Å². The van der Waals surface area contributed by atoms with Gasteiger partial charge in [0, 0.05) is 17.3 Å². The molecular formula is C20H24N6O. The van der Waals surface area contributed by atoms with Crippen molar-refractivity contribution in [2.24, 2.45) is 0 Å². The van der Waals surface area contributed by atoms with Gasteiger partial charge in [-0.2, -0.15) is 5.10 Å². The van der Waals surface area contributed by atoms with Gasteiger partial charge in [-0.05, 0) is 39.9 Å². The topological polar surface area (TPSA) is 78.8 Å². The largest absolute Gasteiger partial charge is 0.341 e. The molecule has 140 valence electrons. The Kier molecular flexibility index (Phi) is 4.77. The maximum Gasteiger partial charge on any atom is 0.277 e. The molecular weight excluding hydrogens is 340 g/mol. The lowest BCUT2D eigenvalue weighted by Crippen LogP contribution is -2.32. The van der Waals surface area contributed by atoms with Crippen LogP contribution in [0, 0.1) is 6.92 Å². The minimum atomic E-state index is -0.222. The Bertz CT molecular complexity index is 921. The van der Waals surface area contributed by atoms with Gasteiger partial charge in [-0.25, -0.2) is 9.67 Å². The third-order valence-corrected chi connectivity index (χ3v) is 5.09. The first kappa shape index (κ1) is 17.5. The number of nitrogens with zero attached hydrogens (tertiary/aromatic N) is 4. The van der Waals surface area contributed by atoms with Crippen LogP contribution < -0.4 is 5.32 Å². The molecule has 0 radical (unpaired) electrons. The summed E-state index contributed by atoms with van der Waals surface area (Å²) in [4.78, 5) is 22.9. The number of carbonyl (C=O) groups is 1. The number of piperidine rings is 1. The van der Waals surface area contributed by atoms with Gasteiger partial charge < -0.3 is 15.2 Å². The lowest BCUT2D eigenvalue weighted by atomic mass is 10.1. The lowest BCUT2D eigenvalue weighted by molar-refractivity contribution is 0.102. The molecule has 3 aromatic rings. The highest BCUT2D eigenvalue weighted by molar-refractivity contribution is 6.03. The van der Waals surface area contributed by atoms with E-state index >= 15 is 0 Å². The van der Waals surface area contributed by atoms with Crippen LogP contribution in [0.5, 0.6) is 0 Å². The maximum atomic E-state index is 12.8. The summed E-state index contributed by atoms with van der Waals surface area (Å²) in [5.41, 5.74) is 2.11. The molecule has 3 heterocycles. The van der Waals surface area contributed by atoms with Gasteiger partial charge >= 0.3 is 0 Å². The standard InChI is InChI=1S/C20H24N6O/c1-14-18(24-19(22-14)15-6-4-3-5-7-15)20(27)23-17-8-11-21-26(17)16-9-12-25(2)13-10-16/h3-8,11,16H,9-10,12-13H2,1-2H3,(H,22,24)(H,23,27). The molecule has 4 rings (SSSR count). The van der Waals surface area contributed by atoms with Gasteiger partial charge in [0.15, 0.2) is 0 Å². The van der Waals surface area contributed by atoms with E-state index < -0.39 is 0 Å². The monoisotopic (exact) mass is 364 g/mol. The van der Waals surface area contributed by atoms with Crippen LogP contribution in [-0.2, 0) is 0 Å². The number of aromatic nitrogens is 4. The zero-order valence-electron chi connectivity index (χ0n) is 15.6. The first-order valence-electron chi connectivity index (χ1n) is 9.27. The van der Waals surface area contributed by atoms with Crippen molar-refractivity contribution in [1.82, 2.24) is 24.6 Å². The smallest absolute Gasteiger partial charge is 0.277 e. The predicted octanol–water partition coefficient (Wildman–Crippen LogP) is 3.10. The fourth-order valence-corrected chi connectivity index (χ4v) is 3.53. The van der Waals surface area contributed by atoms with Gasteiger partial charge in [0.25, 0.3) is 5.91 Å². The molecule has 27 heavy (non-hydrogen) atoms. The van der Waals surface area contributed by atoms with Crippen LogP contribution in [0.25, 0.3) is 11.4 Å². The highest BCUT2D eigenvalue weighted by Gasteiger charge is 2.23. The zero-order valence-corrected chi connectivity index (χ0v) is 15.6. The molecule has 1 saturated heterocycles. The quantitative estimate of drug-likeness (QED) is 0.746. The second kappa shape index (κ2) is 7.36. The number of anilines is 1. The van der Waals surface area contributed by atoms with Crippen LogP contribution in [0.1, 0.15) is 35.1 Å². The second-order valence-electron chi connectivity index (χ2n) is 7.07. The van der Waals surface area contributed by atoms with Gasteiger partial charge in [-0.3, -0.25) is 4.79 Å². The molecule has 1 aliphatic heterocycles. The molecule has 1 aromatic carbocycles. The average molecular weight is 364 g/mol. The Morgan fingerprint density at radius 3 is 2.67 bits per heavy atom. The van der Waals surface area contributed by atoms with Gasteiger partial charge in [-0.1, -0.05) is 30.3 Å². The predicted molar refractivity (Wildman–Crippen MR) is 105 cm³/mol. The fraction of sp³-hybridized carbons (Fsp3) is 0.350. The lowest BCUT2D eigenvalue weighted by Gasteiger charge is -2.29. The van der Waals surface area contributed by atoms with E-state index in [1.807, 2.05) is 48.0 Å². The first-order valence-corrected chi connectivity index (χ1v) is 9.27. The Labute approximate surface area is 158 Å². The minimum Gasteiger partial charge on any atom is -0.341 e. The zero-order chi connectivity index (χ0) is 18.8. The molecule has 1 amide bonds. The highest BCUT2D eigenvalue weighted by atomic mass is 16.2. The number of carbonyl (C=O) groups excluding carboxylic acids is 1. The summed E-state index contributed by atoms with van der Waals surface area (Å²) < 4.78 is 1.94. The number of H-pyrrole nitrogens is 1. The van der Waals surface area contributed by atoms with Crippen LogP contribution in [0.2, 0.25) is 0 Å². The number of likely N-dealkylation sites (tertiary alicyclic amines) is 1. The fourth-order valence-electron chi connectivity index (χ4n) is 3.53. The van der Waals surface area contributed by atoms with E-state index in [0.717, 1.165) is 43.0 Å². The summed E-state index contributed by atoms with van der Waals surface area (Å²) in [7, 11) is 2.13. The Morgan fingerprint density at radius 1 is 1.19 bits per heavy atom. The van der Waals surface area contributed by atoms with Gasteiger partial charge in [0.05, 0.1) is 12.2 Å². The molecule has 0 unspecified atom stereocenters. The summed E-state index contributed by atoms with van der Waals surface area (Å²) >= 11 is 0. The molecule has 0 spiro atoms. The number of aromatic amines is 1. The average Bonchev–Trinajstić information content (AvgIpc) is 3.30. The van der Waals surface area contributed by atoms with Crippen molar-refractivity contribution >= 4 is 11.7 Å². The molecule has 7 heteroatoms. The highest BCUT2D eigenvalue weighted by Crippen LogP contribution is 2.25. The van der Waals surface area contributed by atoms with E-state index in [1.165, 1.54) is 0 Å². The third kappa shape index (κ3) is 3.64. The van der Waals surface area contributed by atoms with Gasteiger partial charge in [0.1, 0.15) is 17.3 Å². The van der Waals surface area contributed by atoms with E-state index in [2.05, 4.69) is 32.3 Å². The molecule has 2 N–H and O–H groups in total. The van der Waals surface area contributed by atoms with Gasteiger partial charge in [-0.15, -0.1) is 0 Å². The number of hydrogen-bond acceptors (Lipinski definition) is 4. The number of rotatable bonds is 4. The van der Waals surface area contributed by atoms with Crippen molar-refractivity contribution in [3.63, 3.8) is 0 Å². The van der Waals surface area contributed by atoms with Crippen molar-refractivity contribution in [3.8, 4) is 11.4 Å². The van der Waals surface area contributed by atoms with Crippen LogP contribution >= 0.6 is 0 Å². The van der Waals surface area contributed by atoms with Crippen molar-refractivity contribution in [1.29, 1.82) is 0 Å². The van der Waals surface area contributed by atoms with E-state index in [1.54, 1.807) is 6.20 Å². The summed E-state index contributed by atoms with van der Waals surface area (Å²) in [5, 5.41) is 7.43. The maximum absolute atomic E-state index is 12.8. The SMILES string of the molecule is Cc1[nH]c(-c2ccccc2)nc1C(=O)Nc1ccnn1C1CCN(C)CC1. The molecule has 0 atom stereocenters. The van der Waals surface area contributed by atoms with E-state index in [4.69, 9.17) is 0 Å². The number of benzene rings is 1. The number of amides is 1. The Balaban J connectivity index is 1.52. The summed E-state index contributed by atoms with van der Waals surface area (Å²) in [6.07, 6.45) is 3.79. The van der Waals surface area contributed by atoms with E-state index in [9.17, 15) is 4.79 Å². The third-order valence-electron chi connectivity index (χ3n) is 5.09. The Morgan fingerprint density at radius 2 is 1.93 bits per heavy atom. The van der Waals surface area contributed by atoms with Crippen molar-refractivity contribution in [2.75, 3.05) is 25.5 Å². The molecule has 2 aromatic heterocycles. The molecule has 7 nitrogen and oxygen atoms in total. The first-order chi connectivity index (χ1) is 13.1. The van der Waals surface area contributed by atoms with Crippen LogP contribution in [0.4, 0.5) is 5.82 Å². The Hall–Kier alpha value is -2.93. The minimum absolute atomic E-state index is 0.222. The molecule has 0 aliphatic carbocycles. The number of imidazole rings is 1. The summed E-state index contributed by atoms with van der Waals surface area (Å²) in [5.74, 6) is 1.20. The number of aryl methyl sites for hydroxylation is 1. The normalized spacial score (nSPS) is 15.8. The molecule has 0 bridgehead atoms. The molecule has 1 fully saturated rings. The van der Waals surface area contributed by atoms with Gasteiger partial charge in [0.2, 0.25) is 0 Å². The van der Waals surface area contributed by atoms with Crippen LogP contribution in [0.3, 0.4) is 0 Å². The number of nitrogens with one attached hydrogen (secondary N) is 2. The van der Waals surface area contributed by atoms with Crippen molar-refractivity contribution < 1.29 is 4.79 Å². The summed E-state index contributed by atoms with van der Waals surface area (Å²) in [6, 6.07) is 11.9. The van der Waals surface area contributed by atoms with Crippen molar-refractivity contribution in [2.45, 2.75) is 25.8 Å². The molecule has 0 saturated carbocycles. The summed E-state index contributed by atoms with van der Waals surface area (Å²) in [6.45, 7) is 3.94. The second-order valence-corrected chi connectivity index (χ2v) is 7.07. The van der Waals surface area contributed by atoms with E-state index in [0.29, 0.717) is 17.6 Å². The van der Waals surface area contributed by atoms with Crippen LogP contribution in [0.15, 0.2) is 42.6 Å². The van der Waals surface area contributed by atoms with E-state index in [-0.39, 0.29) is 5.91 Å². The molecule has 1 aliphatic rings. The number of hydrogen-bond donors (Lipinski definition) is 2. The van der Waals surface area contributed by atoms with Crippen molar-refractivity contribution in [3.05, 3.63) is 54.0 Å².